The second-order valence-electron chi connectivity index (χ2n) is 5.52. The van der Waals surface area contributed by atoms with Crippen LogP contribution in [-0.2, 0) is 6.54 Å². The Bertz CT molecular complexity index is 541. The summed E-state index contributed by atoms with van der Waals surface area (Å²) >= 11 is 0. The summed E-state index contributed by atoms with van der Waals surface area (Å²) in [4.78, 5) is 4.21. The molecule has 4 heteroatoms. The minimum absolute atomic E-state index is 0.780. The lowest BCUT2D eigenvalue weighted by Gasteiger charge is -2.20. The van der Waals surface area contributed by atoms with E-state index < -0.39 is 0 Å². The van der Waals surface area contributed by atoms with Crippen LogP contribution in [0.3, 0.4) is 0 Å². The van der Waals surface area contributed by atoms with Crippen molar-refractivity contribution in [3.8, 4) is 11.3 Å². The fraction of sp³-hybridized carbons (Fsp3) is 0.533. The predicted molar refractivity (Wildman–Crippen MR) is 74.6 cm³/mol. The second kappa shape index (κ2) is 5.51. The van der Waals surface area contributed by atoms with E-state index in [2.05, 4.69) is 27.6 Å². The van der Waals surface area contributed by atoms with Crippen LogP contribution in [0.15, 0.2) is 24.5 Å². The van der Waals surface area contributed by atoms with Crippen molar-refractivity contribution >= 4 is 0 Å². The Morgan fingerprint density at radius 3 is 2.89 bits per heavy atom. The van der Waals surface area contributed by atoms with Crippen LogP contribution in [0.1, 0.15) is 37.8 Å². The Morgan fingerprint density at radius 2 is 2.11 bits per heavy atom. The SMILES string of the molecule is Cc1cc(-c2cn(CC3CCCCC3)nn2)ccn1. The van der Waals surface area contributed by atoms with Gasteiger partial charge in [0, 0.05) is 24.0 Å². The average molecular weight is 256 g/mol. The molecule has 0 atom stereocenters. The lowest BCUT2D eigenvalue weighted by Crippen LogP contribution is -2.14. The zero-order valence-corrected chi connectivity index (χ0v) is 11.4. The first-order valence-electron chi connectivity index (χ1n) is 7.14. The largest absolute Gasteiger partial charge is 0.262 e. The standard InChI is InChI=1S/C15H20N4/c1-12-9-14(7-8-16-12)15-11-19(18-17-15)10-13-5-3-2-4-6-13/h7-9,11,13H,2-6,10H2,1H3. The van der Waals surface area contributed by atoms with Gasteiger partial charge in [-0.3, -0.25) is 9.67 Å². The molecule has 100 valence electrons. The van der Waals surface area contributed by atoms with E-state index in [-0.39, 0.29) is 0 Å². The van der Waals surface area contributed by atoms with Crippen molar-refractivity contribution in [1.82, 2.24) is 20.0 Å². The van der Waals surface area contributed by atoms with Gasteiger partial charge in [-0.25, -0.2) is 0 Å². The molecule has 19 heavy (non-hydrogen) atoms. The highest BCUT2D eigenvalue weighted by Gasteiger charge is 2.15. The summed E-state index contributed by atoms with van der Waals surface area (Å²) in [5, 5.41) is 8.54. The van der Waals surface area contributed by atoms with Crippen LogP contribution < -0.4 is 0 Å². The van der Waals surface area contributed by atoms with Crippen LogP contribution in [0.4, 0.5) is 0 Å². The van der Waals surface area contributed by atoms with Crippen molar-refractivity contribution in [2.24, 2.45) is 5.92 Å². The molecule has 0 aromatic carbocycles. The Morgan fingerprint density at radius 1 is 1.26 bits per heavy atom. The minimum Gasteiger partial charge on any atom is -0.262 e. The first-order chi connectivity index (χ1) is 9.31. The van der Waals surface area contributed by atoms with Gasteiger partial charge in [0.25, 0.3) is 0 Å². The monoisotopic (exact) mass is 256 g/mol. The van der Waals surface area contributed by atoms with Gasteiger partial charge in [-0.1, -0.05) is 24.5 Å². The molecule has 1 aliphatic rings. The van der Waals surface area contributed by atoms with Crippen molar-refractivity contribution in [3.63, 3.8) is 0 Å². The molecule has 1 aliphatic carbocycles. The van der Waals surface area contributed by atoms with Crippen LogP contribution in [0, 0.1) is 12.8 Å². The number of aromatic nitrogens is 4. The zero-order chi connectivity index (χ0) is 13.1. The smallest absolute Gasteiger partial charge is 0.113 e. The highest BCUT2D eigenvalue weighted by Crippen LogP contribution is 2.25. The van der Waals surface area contributed by atoms with Gasteiger partial charge in [0.15, 0.2) is 0 Å². The third kappa shape index (κ3) is 3.00. The van der Waals surface area contributed by atoms with E-state index in [1.54, 1.807) is 0 Å². The van der Waals surface area contributed by atoms with Gasteiger partial charge in [-0.2, -0.15) is 0 Å². The molecule has 2 heterocycles. The molecule has 0 aliphatic heterocycles. The topological polar surface area (TPSA) is 43.6 Å². The van der Waals surface area contributed by atoms with Crippen LogP contribution in [-0.4, -0.2) is 20.0 Å². The molecule has 0 spiro atoms. The van der Waals surface area contributed by atoms with Gasteiger partial charge in [0.2, 0.25) is 0 Å². The van der Waals surface area contributed by atoms with E-state index in [4.69, 9.17) is 0 Å². The Labute approximate surface area is 113 Å². The Kier molecular flexibility index (Phi) is 3.58. The normalized spacial score (nSPS) is 16.7. The summed E-state index contributed by atoms with van der Waals surface area (Å²) in [5.41, 5.74) is 3.06. The molecule has 3 rings (SSSR count). The Balaban J connectivity index is 1.72. The molecule has 2 aromatic heterocycles. The molecule has 0 unspecified atom stereocenters. The lowest BCUT2D eigenvalue weighted by molar-refractivity contribution is 0.305. The van der Waals surface area contributed by atoms with Crippen LogP contribution >= 0.6 is 0 Å². The average Bonchev–Trinajstić information content (AvgIpc) is 2.88. The summed E-state index contributed by atoms with van der Waals surface area (Å²) in [5.74, 6) is 0.780. The third-order valence-corrected chi connectivity index (χ3v) is 3.90. The molecular weight excluding hydrogens is 236 g/mol. The van der Waals surface area contributed by atoms with Gasteiger partial charge in [0.1, 0.15) is 5.69 Å². The molecule has 0 amide bonds. The van der Waals surface area contributed by atoms with Gasteiger partial charge < -0.3 is 0 Å². The highest BCUT2D eigenvalue weighted by atomic mass is 15.4. The molecule has 0 radical (unpaired) electrons. The van der Waals surface area contributed by atoms with Gasteiger partial charge in [-0.15, -0.1) is 5.10 Å². The fourth-order valence-corrected chi connectivity index (χ4v) is 2.86. The van der Waals surface area contributed by atoms with E-state index in [1.165, 1.54) is 32.1 Å². The van der Waals surface area contributed by atoms with Crippen molar-refractivity contribution in [3.05, 3.63) is 30.2 Å². The summed E-state index contributed by atoms with van der Waals surface area (Å²) in [6, 6.07) is 4.04. The quantitative estimate of drug-likeness (QED) is 0.846. The maximum atomic E-state index is 4.28. The summed E-state index contributed by atoms with van der Waals surface area (Å²) in [7, 11) is 0. The number of rotatable bonds is 3. The number of nitrogens with zero attached hydrogens (tertiary/aromatic N) is 4. The maximum absolute atomic E-state index is 4.28. The van der Waals surface area contributed by atoms with Crippen LogP contribution in [0.25, 0.3) is 11.3 Å². The molecule has 4 nitrogen and oxygen atoms in total. The van der Waals surface area contributed by atoms with Crippen molar-refractivity contribution < 1.29 is 0 Å². The van der Waals surface area contributed by atoms with E-state index in [0.717, 1.165) is 29.4 Å². The molecule has 0 N–H and O–H groups in total. The van der Waals surface area contributed by atoms with Crippen LogP contribution in [0.2, 0.25) is 0 Å². The van der Waals surface area contributed by atoms with E-state index in [1.807, 2.05) is 23.9 Å². The van der Waals surface area contributed by atoms with Crippen molar-refractivity contribution in [1.29, 1.82) is 0 Å². The van der Waals surface area contributed by atoms with Gasteiger partial charge in [-0.05, 0) is 37.8 Å². The van der Waals surface area contributed by atoms with Gasteiger partial charge in [0.05, 0.1) is 6.20 Å². The maximum Gasteiger partial charge on any atom is 0.113 e. The van der Waals surface area contributed by atoms with E-state index >= 15 is 0 Å². The number of hydrogen-bond acceptors (Lipinski definition) is 3. The number of pyridine rings is 1. The Hall–Kier alpha value is -1.71. The highest BCUT2D eigenvalue weighted by molar-refractivity contribution is 5.57. The van der Waals surface area contributed by atoms with Crippen molar-refractivity contribution in [2.75, 3.05) is 0 Å². The summed E-state index contributed by atoms with van der Waals surface area (Å²) in [6.45, 7) is 3.01. The molecule has 0 saturated heterocycles. The fourth-order valence-electron chi connectivity index (χ4n) is 2.86. The summed E-state index contributed by atoms with van der Waals surface area (Å²) < 4.78 is 2.00. The number of aryl methyl sites for hydroxylation is 1. The van der Waals surface area contributed by atoms with Gasteiger partial charge >= 0.3 is 0 Å². The first kappa shape index (κ1) is 12.3. The number of hydrogen-bond donors (Lipinski definition) is 0. The van der Waals surface area contributed by atoms with Crippen LogP contribution in [0.5, 0.6) is 0 Å². The second-order valence-corrected chi connectivity index (χ2v) is 5.52. The molecule has 1 fully saturated rings. The molecule has 0 bridgehead atoms. The molecular formula is C15H20N4. The van der Waals surface area contributed by atoms with Crippen molar-refractivity contribution in [2.45, 2.75) is 45.6 Å². The molecule has 1 saturated carbocycles. The first-order valence-corrected chi connectivity index (χ1v) is 7.14. The molecule has 2 aromatic rings. The predicted octanol–water partition coefficient (Wildman–Crippen LogP) is 3.23. The lowest BCUT2D eigenvalue weighted by atomic mass is 9.89. The summed E-state index contributed by atoms with van der Waals surface area (Å²) in [6.07, 6.45) is 10.7. The minimum atomic E-state index is 0.780. The van der Waals surface area contributed by atoms with E-state index in [9.17, 15) is 0 Å². The van der Waals surface area contributed by atoms with E-state index in [0.29, 0.717) is 0 Å². The zero-order valence-electron chi connectivity index (χ0n) is 11.4. The third-order valence-electron chi connectivity index (χ3n) is 3.90.